The molecule has 0 unspecified atom stereocenters. The highest BCUT2D eigenvalue weighted by atomic mass is 32.2. The zero-order valence-corrected chi connectivity index (χ0v) is 13.3. The minimum absolute atomic E-state index is 0.756. The van der Waals surface area contributed by atoms with Crippen LogP contribution in [0.2, 0.25) is 0 Å². The van der Waals surface area contributed by atoms with Crippen LogP contribution in [0.3, 0.4) is 0 Å². The standard InChI is InChI=1S/C13H19N5O2S/c1-18-13(15-16-17-18)21-7-6-14-9-10-4-5-11(19-2)12(8-10)20-3/h4-5,8,14H,6-7,9H2,1-3H3/p+1. The molecule has 0 spiro atoms. The third kappa shape index (κ3) is 4.33. The third-order valence-electron chi connectivity index (χ3n) is 2.96. The number of thioether (sulfide) groups is 1. The molecule has 0 fully saturated rings. The molecule has 0 saturated carbocycles. The normalized spacial score (nSPS) is 10.6. The van der Waals surface area contributed by atoms with E-state index >= 15 is 0 Å². The number of aryl methyl sites for hydroxylation is 1. The molecule has 8 heteroatoms. The molecule has 2 aromatic rings. The second-order valence-electron chi connectivity index (χ2n) is 4.40. The summed E-state index contributed by atoms with van der Waals surface area (Å²) in [6.45, 7) is 1.89. The average molecular weight is 310 g/mol. The maximum absolute atomic E-state index is 5.30. The summed E-state index contributed by atoms with van der Waals surface area (Å²) in [5.74, 6) is 2.48. The van der Waals surface area contributed by atoms with Crippen molar-refractivity contribution in [2.45, 2.75) is 11.7 Å². The summed E-state index contributed by atoms with van der Waals surface area (Å²) in [6.07, 6.45) is 0. The van der Waals surface area contributed by atoms with Crippen molar-refractivity contribution < 1.29 is 14.8 Å². The maximum Gasteiger partial charge on any atom is 0.209 e. The second-order valence-corrected chi connectivity index (χ2v) is 5.47. The van der Waals surface area contributed by atoms with Crippen LogP contribution >= 0.6 is 11.8 Å². The van der Waals surface area contributed by atoms with E-state index in [1.807, 2.05) is 19.2 Å². The Morgan fingerprint density at radius 3 is 2.71 bits per heavy atom. The van der Waals surface area contributed by atoms with Crippen LogP contribution in [0.4, 0.5) is 0 Å². The van der Waals surface area contributed by atoms with Gasteiger partial charge in [-0.1, -0.05) is 11.8 Å². The highest BCUT2D eigenvalue weighted by molar-refractivity contribution is 7.99. The predicted molar refractivity (Wildman–Crippen MR) is 79.6 cm³/mol. The summed E-state index contributed by atoms with van der Waals surface area (Å²) in [7, 11) is 5.13. The minimum atomic E-state index is 0.756. The summed E-state index contributed by atoms with van der Waals surface area (Å²) >= 11 is 1.65. The molecular weight excluding hydrogens is 290 g/mol. The van der Waals surface area contributed by atoms with Gasteiger partial charge in [-0.15, -0.1) is 5.10 Å². The number of aromatic nitrogens is 4. The van der Waals surface area contributed by atoms with Crippen molar-refractivity contribution >= 4 is 11.8 Å². The monoisotopic (exact) mass is 310 g/mol. The van der Waals surface area contributed by atoms with E-state index in [4.69, 9.17) is 9.47 Å². The number of nitrogens with zero attached hydrogens (tertiary/aromatic N) is 4. The fraction of sp³-hybridized carbons (Fsp3) is 0.462. The maximum atomic E-state index is 5.30. The minimum Gasteiger partial charge on any atom is -0.493 e. The fourth-order valence-electron chi connectivity index (χ4n) is 1.85. The summed E-state index contributed by atoms with van der Waals surface area (Å²) in [4.78, 5) is 0. The smallest absolute Gasteiger partial charge is 0.209 e. The van der Waals surface area contributed by atoms with E-state index in [-0.39, 0.29) is 0 Å². The van der Waals surface area contributed by atoms with Crippen LogP contribution in [-0.4, -0.2) is 46.7 Å². The quantitative estimate of drug-likeness (QED) is 0.550. The molecule has 0 aliphatic rings. The van der Waals surface area contributed by atoms with Crippen molar-refractivity contribution in [1.29, 1.82) is 0 Å². The van der Waals surface area contributed by atoms with Gasteiger partial charge in [-0.05, 0) is 28.6 Å². The van der Waals surface area contributed by atoms with Gasteiger partial charge in [0.15, 0.2) is 11.5 Å². The number of nitrogens with two attached hydrogens (primary N) is 1. The van der Waals surface area contributed by atoms with Crippen molar-refractivity contribution in [3.8, 4) is 11.5 Å². The van der Waals surface area contributed by atoms with Gasteiger partial charge in [-0.3, -0.25) is 0 Å². The van der Waals surface area contributed by atoms with Crippen molar-refractivity contribution in [1.82, 2.24) is 20.2 Å². The first-order valence-electron chi connectivity index (χ1n) is 6.62. The molecule has 0 bridgehead atoms. The number of benzene rings is 1. The molecule has 2 rings (SSSR count). The second kappa shape index (κ2) is 7.84. The number of quaternary nitrogens is 1. The van der Waals surface area contributed by atoms with Gasteiger partial charge in [0.2, 0.25) is 5.16 Å². The first-order chi connectivity index (χ1) is 10.2. The Kier molecular flexibility index (Phi) is 5.82. The molecule has 0 saturated heterocycles. The van der Waals surface area contributed by atoms with Gasteiger partial charge in [-0.2, -0.15) is 0 Å². The third-order valence-corrected chi connectivity index (χ3v) is 4.01. The van der Waals surface area contributed by atoms with Crippen LogP contribution in [0.1, 0.15) is 5.56 Å². The average Bonchev–Trinajstić information content (AvgIpc) is 2.92. The van der Waals surface area contributed by atoms with Crippen LogP contribution < -0.4 is 14.8 Å². The van der Waals surface area contributed by atoms with Crippen molar-refractivity contribution in [3.63, 3.8) is 0 Å². The molecule has 0 aliphatic carbocycles. The van der Waals surface area contributed by atoms with Gasteiger partial charge < -0.3 is 14.8 Å². The Morgan fingerprint density at radius 1 is 1.24 bits per heavy atom. The topological polar surface area (TPSA) is 78.7 Å². The van der Waals surface area contributed by atoms with Crippen LogP contribution in [0.25, 0.3) is 0 Å². The van der Waals surface area contributed by atoms with Crippen molar-refractivity contribution in [3.05, 3.63) is 23.8 Å². The van der Waals surface area contributed by atoms with Crippen molar-refractivity contribution in [2.24, 2.45) is 7.05 Å². The van der Waals surface area contributed by atoms with Gasteiger partial charge in [0.25, 0.3) is 0 Å². The SMILES string of the molecule is COc1ccc(C[NH2+]CCSc2nnnn2C)cc1OC. The molecule has 0 radical (unpaired) electrons. The van der Waals surface area contributed by atoms with Gasteiger partial charge in [0.1, 0.15) is 6.54 Å². The molecule has 114 valence electrons. The number of ether oxygens (including phenoxy) is 2. The van der Waals surface area contributed by atoms with Gasteiger partial charge in [0.05, 0.1) is 26.5 Å². The Hall–Kier alpha value is -1.80. The molecule has 2 N–H and O–H groups in total. The predicted octanol–water partition coefficient (Wildman–Crippen LogP) is 0.0830. The number of rotatable bonds is 8. The molecule has 1 heterocycles. The highest BCUT2D eigenvalue weighted by Crippen LogP contribution is 2.27. The van der Waals surface area contributed by atoms with E-state index in [1.165, 1.54) is 5.56 Å². The molecule has 0 amide bonds. The van der Waals surface area contributed by atoms with E-state index < -0.39 is 0 Å². The van der Waals surface area contributed by atoms with Crippen molar-refractivity contribution in [2.75, 3.05) is 26.5 Å². The van der Waals surface area contributed by atoms with Crippen LogP contribution in [-0.2, 0) is 13.6 Å². The first kappa shape index (κ1) is 15.6. The van der Waals surface area contributed by atoms with Gasteiger partial charge >= 0.3 is 0 Å². The molecular formula is C13H20N5O2S+. The summed E-state index contributed by atoms with van der Waals surface area (Å²) in [6, 6.07) is 5.99. The molecule has 1 aromatic heterocycles. The number of hydrogen-bond donors (Lipinski definition) is 1. The van der Waals surface area contributed by atoms with E-state index in [1.54, 1.807) is 30.7 Å². The van der Waals surface area contributed by atoms with Crippen LogP contribution in [0, 0.1) is 0 Å². The van der Waals surface area contributed by atoms with Crippen LogP contribution in [0.5, 0.6) is 11.5 Å². The Morgan fingerprint density at radius 2 is 2.05 bits per heavy atom. The Balaban J connectivity index is 1.74. The molecule has 7 nitrogen and oxygen atoms in total. The zero-order chi connectivity index (χ0) is 15.1. The van der Waals surface area contributed by atoms with E-state index in [0.717, 1.165) is 35.5 Å². The molecule has 21 heavy (non-hydrogen) atoms. The zero-order valence-electron chi connectivity index (χ0n) is 12.4. The van der Waals surface area contributed by atoms with Crippen LogP contribution in [0.15, 0.2) is 23.4 Å². The number of hydrogen-bond acceptors (Lipinski definition) is 6. The molecule has 0 atom stereocenters. The largest absolute Gasteiger partial charge is 0.493 e. The fourth-order valence-corrected chi connectivity index (χ4v) is 2.64. The molecule has 0 aliphatic heterocycles. The summed E-state index contributed by atoms with van der Waals surface area (Å²) in [5.41, 5.74) is 1.21. The lowest BCUT2D eigenvalue weighted by Crippen LogP contribution is -2.83. The lowest BCUT2D eigenvalue weighted by molar-refractivity contribution is -0.666. The number of tetrazole rings is 1. The lowest BCUT2D eigenvalue weighted by Gasteiger charge is -2.09. The highest BCUT2D eigenvalue weighted by Gasteiger charge is 2.06. The van der Waals surface area contributed by atoms with E-state index in [9.17, 15) is 0 Å². The lowest BCUT2D eigenvalue weighted by atomic mass is 10.2. The Bertz CT molecular complexity index is 575. The van der Waals surface area contributed by atoms with E-state index in [2.05, 4.69) is 26.9 Å². The summed E-state index contributed by atoms with van der Waals surface area (Å²) < 4.78 is 12.2. The summed E-state index contributed by atoms with van der Waals surface area (Å²) in [5, 5.41) is 14.4. The Labute approximate surface area is 128 Å². The van der Waals surface area contributed by atoms with Gasteiger partial charge in [-0.25, -0.2) is 4.68 Å². The number of methoxy groups -OCH3 is 2. The van der Waals surface area contributed by atoms with Gasteiger partial charge in [0, 0.05) is 12.6 Å². The molecule has 1 aromatic carbocycles. The van der Waals surface area contributed by atoms with E-state index in [0.29, 0.717) is 0 Å². The first-order valence-corrected chi connectivity index (χ1v) is 7.61.